The number of nitrogens with zero attached hydrogens (tertiary/aromatic N) is 1. The predicted octanol–water partition coefficient (Wildman–Crippen LogP) is 3.26. The van der Waals surface area contributed by atoms with Gasteiger partial charge in [0, 0.05) is 22.3 Å². The molecule has 2 aromatic rings. The van der Waals surface area contributed by atoms with E-state index in [1.54, 1.807) is 18.0 Å². The van der Waals surface area contributed by atoms with Crippen LogP contribution in [0.2, 0.25) is 0 Å². The first-order valence-electron chi connectivity index (χ1n) is 8.06. The fraction of sp³-hybridized carbons (Fsp3) is 0.389. The molecule has 2 heterocycles. The van der Waals surface area contributed by atoms with Crippen LogP contribution in [0.5, 0.6) is 0 Å². The lowest BCUT2D eigenvalue weighted by molar-refractivity contribution is 0.00578. The molecular weight excluding hydrogens is 319 g/mol. The minimum atomic E-state index is -0.417. The molecule has 0 bridgehead atoms. The van der Waals surface area contributed by atoms with Crippen molar-refractivity contribution in [1.82, 2.24) is 4.98 Å². The number of aromatic nitrogens is 1. The van der Waals surface area contributed by atoms with Crippen molar-refractivity contribution in [3.63, 3.8) is 0 Å². The van der Waals surface area contributed by atoms with Crippen LogP contribution < -0.4 is 11.2 Å². The SMILES string of the molecule is CC1(C)OB(c2cnc(N)c(SCc3ccccc3)c2)OC1(C)C. The first-order valence-corrected chi connectivity index (χ1v) is 9.05. The number of hydrogen-bond donors (Lipinski definition) is 1. The van der Waals surface area contributed by atoms with Gasteiger partial charge < -0.3 is 15.0 Å². The number of thioether (sulfide) groups is 1. The van der Waals surface area contributed by atoms with Crippen molar-refractivity contribution in [2.24, 2.45) is 0 Å². The van der Waals surface area contributed by atoms with Gasteiger partial charge in [0.2, 0.25) is 0 Å². The van der Waals surface area contributed by atoms with E-state index in [0.29, 0.717) is 5.82 Å². The van der Waals surface area contributed by atoms with E-state index in [-0.39, 0.29) is 11.2 Å². The summed E-state index contributed by atoms with van der Waals surface area (Å²) in [5.74, 6) is 1.38. The third kappa shape index (κ3) is 3.46. The highest BCUT2D eigenvalue weighted by Crippen LogP contribution is 2.37. The van der Waals surface area contributed by atoms with Gasteiger partial charge >= 0.3 is 7.12 Å². The number of nitrogen functional groups attached to an aromatic ring is 1. The lowest BCUT2D eigenvalue weighted by Crippen LogP contribution is -2.41. The third-order valence-corrected chi connectivity index (χ3v) is 5.78. The third-order valence-electron chi connectivity index (χ3n) is 4.67. The normalized spacial score (nSPS) is 18.8. The average Bonchev–Trinajstić information content (AvgIpc) is 2.75. The summed E-state index contributed by atoms with van der Waals surface area (Å²) in [6, 6.07) is 12.3. The van der Waals surface area contributed by atoms with E-state index < -0.39 is 7.12 Å². The maximum absolute atomic E-state index is 6.10. The van der Waals surface area contributed by atoms with E-state index in [9.17, 15) is 0 Å². The average molecular weight is 342 g/mol. The summed E-state index contributed by atoms with van der Waals surface area (Å²) < 4.78 is 12.2. The van der Waals surface area contributed by atoms with Gasteiger partial charge in [-0.25, -0.2) is 4.98 Å². The molecule has 6 heteroatoms. The predicted molar refractivity (Wildman–Crippen MR) is 100 cm³/mol. The minimum absolute atomic E-state index is 0.365. The van der Waals surface area contributed by atoms with Crippen LogP contribution in [0.1, 0.15) is 33.3 Å². The zero-order valence-electron chi connectivity index (χ0n) is 14.6. The van der Waals surface area contributed by atoms with E-state index in [0.717, 1.165) is 16.1 Å². The van der Waals surface area contributed by atoms with Gasteiger partial charge in [-0.3, -0.25) is 0 Å². The van der Waals surface area contributed by atoms with Crippen molar-refractivity contribution in [3.05, 3.63) is 48.2 Å². The van der Waals surface area contributed by atoms with Crippen molar-refractivity contribution < 1.29 is 9.31 Å². The van der Waals surface area contributed by atoms with Crippen LogP contribution >= 0.6 is 11.8 Å². The van der Waals surface area contributed by atoms with Gasteiger partial charge in [0.1, 0.15) is 5.82 Å². The second-order valence-electron chi connectivity index (χ2n) is 7.01. The Morgan fingerprint density at radius 1 is 1.08 bits per heavy atom. The molecule has 0 unspecified atom stereocenters. The molecule has 0 atom stereocenters. The summed E-state index contributed by atoms with van der Waals surface area (Å²) in [7, 11) is -0.417. The molecule has 1 aromatic heterocycles. The molecule has 0 spiro atoms. The van der Waals surface area contributed by atoms with E-state index in [1.807, 2.05) is 52.0 Å². The quantitative estimate of drug-likeness (QED) is 0.683. The summed E-state index contributed by atoms with van der Waals surface area (Å²) >= 11 is 1.67. The Labute approximate surface area is 148 Å². The van der Waals surface area contributed by atoms with Crippen LogP contribution in [0.4, 0.5) is 5.82 Å². The van der Waals surface area contributed by atoms with Crippen molar-refractivity contribution in [1.29, 1.82) is 0 Å². The van der Waals surface area contributed by atoms with Crippen molar-refractivity contribution in [2.45, 2.75) is 49.5 Å². The van der Waals surface area contributed by atoms with Crippen LogP contribution in [0.15, 0.2) is 47.5 Å². The van der Waals surface area contributed by atoms with E-state index in [4.69, 9.17) is 15.0 Å². The van der Waals surface area contributed by atoms with Gasteiger partial charge in [0.25, 0.3) is 0 Å². The van der Waals surface area contributed by atoms with Crippen LogP contribution in [0.3, 0.4) is 0 Å². The van der Waals surface area contributed by atoms with Gasteiger partial charge in [-0.2, -0.15) is 0 Å². The lowest BCUT2D eigenvalue weighted by Gasteiger charge is -2.32. The van der Waals surface area contributed by atoms with Crippen molar-refractivity contribution in [3.8, 4) is 0 Å². The molecule has 4 nitrogen and oxygen atoms in total. The van der Waals surface area contributed by atoms with Crippen molar-refractivity contribution in [2.75, 3.05) is 5.73 Å². The van der Waals surface area contributed by atoms with Crippen LogP contribution in [0, 0.1) is 0 Å². The van der Waals surface area contributed by atoms with Crippen LogP contribution in [-0.2, 0) is 15.1 Å². The number of pyridine rings is 1. The highest BCUT2D eigenvalue weighted by molar-refractivity contribution is 7.98. The highest BCUT2D eigenvalue weighted by Gasteiger charge is 2.51. The Hall–Kier alpha value is -1.50. The fourth-order valence-electron chi connectivity index (χ4n) is 2.43. The van der Waals surface area contributed by atoms with Gasteiger partial charge in [0.05, 0.1) is 11.2 Å². The molecule has 0 aliphatic carbocycles. The monoisotopic (exact) mass is 342 g/mol. The minimum Gasteiger partial charge on any atom is -0.399 e. The van der Waals surface area contributed by atoms with Gasteiger partial charge in [-0.15, -0.1) is 11.8 Å². The molecule has 126 valence electrons. The zero-order valence-corrected chi connectivity index (χ0v) is 15.4. The molecule has 2 N–H and O–H groups in total. The summed E-state index contributed by atoms with van der Waals surface area (Å²) in [6.07, 6.45) is 1.74. The number of anilines is 1. The molecule has 0 radical (unpaired) electrons. The summed E-state index contributed by atoms with van der Waals surface area (Å²) in [5.41, 5.74) is 7.47. The maximum Gasteiger partial charge on any atom is 0.496 e. The topological polar surface area (TPSA) is 57.4 Å². The smallest absolute Gasteiger partial charge is 0.399 e. The molecular formula is C18H23BN2O2S. The van der Waals surface area contributed by atoms with Crippen LogP contribution in [0.25, 0.3) is 0 Å². The van der Waals surface area contributed by atoms with E-state index in [1.165, 1.54) is 5.56 Å². The first kappa shape index (κ1) is 17.3. The number of rotatable bonds is 4. The zero-order chi connectivity index (χ0) is 17.4. The van der Waals surface area contributed by atoms with E-state index in [2.05, 4.69) is 17.1 Å². The summed E-state index contributed by atoms with van der Waals surface area (Å²) in [6.45, 7) is 8.18. The molecule has 1 saturated heterocycles. The molecule has 0 saturated carbocycles. The van der Waals surface area contributed by atoms with Gasteiger partial charge in [-0.1, -0.05) is 30.3 Å². The molecule has 3 rings (SSSR count). The summed E-state index contributed by atoms with van der Waals surface area (Å²) in [4.78, 5) is 5.28. The second-order valence-corrected chi connectivity index (χ2v) is 8.03. The van der Waals surface area contributed by atoms with Gasteiger partial charge in [0.15, 0.2) is 0 Å². The molecule has 24 heavy (non-hydrogen) atoms. The fourth-order valence-corrected chi connectivity index (χ4v) is 3.36. The molecule has 0 amide bonds. The van der Waals surface area contributed by atoms with E-state index >= 15 is 0 Å². The van der Waals surface area contributed by atoms with Crippen molar-refractivity contribution >= 4 is 30.2 Å². The largest absolute Gasteiger partial charge is 0.496 e. The maximum atomic E-state index is 6.10. The lowest BCUT2D eigenvalue weighted by atomic mass is 9.80. The molecule has 1 fully saturated rings. The Kier molecular flexibility index (Phi) is 4.64. The number of benzene rings is 1. The Morgan fingerprint density at radius 3 is 2.33 bits per heavy atom. The number of nitrogens with two attached hydrogens (primary N) is 1. The Bertz CT molecular complexity index is 706. The summed E-state index contributed by atoms with van der Waals surface area (Å²) in [5, 5.41) is 0. The van der Waals surface area contributed by atoms with Gasteiger partial charge in [-0.05, 0) is 39.3 Å². The standard InChI is InChI=1S/C18H23BN2O2S/c1-17(2)18(3,4)23-19(22-17)14-10-15(16(20)21-11-14)24-12-13-8-6-5-7-9-13/h5-11H,12H2,1-4H3,(H2,20,21). The molecule has 1 aliphatic heterocycles. The Balaban J connectivity index is 1.77. The molecule has 1 aromatic carbocycles. The Morgan fingerprint density at radius 2 is 1.71 bits per heavy atom. The second kappa shape index (κ2) is 6.43. The van der Waals surface area contributed by atoms with Crippen LogP contribution in [-0.4, -0.2) is 23.3 Å². The molecule has 1 aliphatic rings. The first-order chi connectivity index (χ1) is 11.3. The highest BCUT2D eigenvalue weighted by atomic mass is 32.2. The number of hydrogen-bond acceptors (Lipinski definition) is 5.